The quantitative estimate of drug-likeness (QED) is 0.154. The Hall–Kier alpha value is -3.97. The maximum Gasteiger partial charge on any atom is 0.243 e. The number of nitrogens with two attached hydrogens (primary N) is 2. The van der Waals surface area contributed by atoms with Crippen LogP contribution in [0.4, 0.5) is 4.39 Å². The molecule has 0 aliphatic heterocycles. The molecule has 0 spiro atoms. The molecule has 11 nitrogen and oxygen atoms in total. The van der Waals surface area contributed by atoms with Gasteiger partial charge in [0.1, 0.15) is 17.9 Å². The van der Waals surface area contributed by atoms with Gasteiger partial charge in [0, 0.05) is 6.42 Å². The first-order valence-corrected chi connectivity index (χ1v) is 13.9. The molecule has 8 N–H and O–H groups in total. The number of benzene rings is 2. The average molecular weight is 575 g/mol. The number of thioether (sulfide) groups is 1. The van der Waals surface area contributed by atoms with Crippen LogP contribution in [0.5, 0.6) is 0 Å². The Labute approximate surface area is 236 Å². The van der Waals surface area contributed by atoms with Crippen LogP contribution in [0.1, 0.15) is 17.5 Å². The molecule has 13 heteroatoms. The minimum Gasteiger partial charge on any atom is -0.368 e. The van der Waals surface area contributed by atoms with Crippen LogP contribution in [0.25, 0.3) is 0 Å². The number of halogens is 1. The lowest BCUT2D eigenvalue weighted by molar-refractivity contribution is -0.131. The van der Waals surface area contributed by atoms with Crippen LogP contribution in [0.15, 0.2) is 54.6 Å². The molecule has 5 amide bonds. The van der Waals surface area contributed by atoms with E-state index in [1.54, 1.807) is 24.3 Å². The van der Waals surface area contributed by atoms with Crippen molar-refractivity contribution in [3.05, 3.63) is 71.5 Å². The molecule has 2 aromatic rings. The minimum atomic E-state index is -1.04. The van der Waals surface area contributed by atoms with E-state index < -0.39 is 66.6 Å². The Kier molecular flexibility index (Phi) is 13.6. The molecule has 0 saturated heterocycles. The first kappa shape index (κ1) is 32.2. The second kappa shape index (κ2) is 16.9. The summed E-state index contributed by atoms with van der Waals surface area (Å²) in [6.45, 7) is -0.881. The molecule has 0 bridgehead atoms. The van der Waals surface area contributed by atoms with Crippen LogP contribution >= 0.6 is 11.8 Å². The number of nitrogens with one attached hydrogen (secondary N) is 4. The topological polar surface area (TPSA) is 186 Å². The summed E-state index contributed by atoms with van der Waals surface area (Å²) in [5, 5.41) is 9.93. The average Bonchev–Trinajstić information content (AvgIpc) is 2.93. The zero-order valence-electron chi connectivity index (χ0n) is 22.2. The van der Waals surface area contributed by atoms with Crippen molar-refractivity contribution in [2.24, 2.45) is 11.5 Å². The predicted octanol–water partition coefficient (Wildman–Crippen LogP) is -0.621. The third kappa shape index (κ3) is 11.8. The third-order valence-electron chi connectivity index (χ3n) is 5.78. The van der Waals surface area contributed by atoms with Gasteiger partial charge in [-0.3, -0.25) is 24.0 Å². The molecule has 2 aromatic carbocycles. The molecule has 2 unspecified atom stereocenters. The van der Waals surface area contributed by atoms with Crippen molar-refractivity contribution in [2.75, 3.05) is 25.1 Å². The molecule has 0 radical (unpaired) electrons. The number of rotatable bonds is 16. The number of hydrogen-bond acceptors (Lipinski definition) is 7. The maximum atomic E-state index is 13.0. The van der Waals surface area contributed by atoms with Gasteiger partial charge < -0.3 is 32.7 Å². The SMILES string of the molecule is CSCCC(NC(=O)C(Cc1ccccc1)NC(=O)CNC(=O)CNC(=O)[C@H](N)Cc1ccc(F)cc1)C(N)=O. The predicted molar refractivity (Wildman–Crippen MR) is 150 cm³/mol. The summed E-state index contributed by atoms with van der Waals surface area (Å²) < 4.78 is 13.0. The fourth-order valence-electron chi connectivity index (χ4n) is 3.60. The summed E-state index contributed by atoms with van der Waals surface area (Å²) in [7, 11) is 0. The molecule has 216 valence electrons. The van der Waals surface area contributed by atoms with Crippen LogP contribution in [0.2, 0.25) is 0 Å². The Bertz CT molecular complexity index is 1150. The summed E-state index contributed by atoms with van der Waals surface area (Å²) in [6, 6.07) is 11.6. The molecule has 0 aromatic heterocycles. The van der Waals surface area contributed by atoms with Crippen LogP contribution in [0, 0.1) is 5.82 Å². The summed E-state index contributed by atoms with van der Waals surface area (Å²) >= 11 is 1.50. The van der Waals surface area contributed by atoms with Gasteiger partial charge in [-0.15, -0.1) is 0 Å². The second-order valence-electron chi connectivity index (χ2n) is 8.99. The van der Waals surface area contributed by atoms with E-state index in [9.17, 15) is 28.4 Å². The monoisotopic (exact) mass is 574 g/mol. The van der Waals surface area contributed by atoms with Crippen LogP contribution in [-0.2, 0) is 36.8 Å². The standard InChI is InChI=1S/C27H35FN6O5S/c1-40-12-11-21(25(30)37)34-27(39)22(14-17-5-3-2-4-6-17)33-24(36)16-31-23(35)15-32-26(38)20(29)13-18-7-9-19(28)10-8-18/h2-10,20-22H,11-16,29H2,1H3,(H2,30,37)(H,31,35)(H,32,38)(H,33,36)(H,34,39)/t20-,21?,22?/m1/s1. The normalized spacial score (nSPS) is 12.9. The Balaban J connectivity index is 1.88. The zero-order valence-corrected chi connectivity index (χ0v) is 23.0. The molecule has 0 aliphatic carbocycles. The number of primary amides is 1. The zero-order chi connectivity index (χ0) is 29.5. The van der Waals surface area contributed by atoms with Crippen molar-refractivity contribution in [3.8, 4) is 0 Å². The first-order valence-electron chi connectivity index (χ1n) is 12.6. The molecular formula is C27H35FN6O5S. The highest BCUT2D eigenvalue weighted by atomic mass is 32.2. The van der Waals surface area contributed by atoms with E-state index in [0.717, 1.165) is 5.56 Å². The number of carbonyl (C=O) groups excluding carboxylic acids is 5. The second-order valence-corrected chi connectivity index (χ2v) is 9.97. The Morgan fingerprint density at radius 2 is 1.43 bits per heavy atom. The van der Waals surface area contributed by atoms with Gasteiger partial charge in [0.15, 0.2) is 0 Å². The van der Waals surface area contributed by atoms with Crippen LogP contribution < -0.4 is 32.7 Å². The van der Waals surface area contributed by atoms with Crippen molar-refractivity contribution in [1.82, 2.24) is 21.3 Å². The van der Waals surface area contributed by atoms with Crippen molar-refractivity contribution >= 4 is 41.3 Å². The summed E-state index contributed by atoms with van der Waals surface area (Å²) in [6.07, 6.45) is 2.49. The third-order valence-corrected chi connectivity index (χ3v) is 6.42. The molecule has 0 aliphatic rings. The molecule has 0 fully saturated rings. The van der Waals surface area contributed by atoms with Gasteiger partial charge in [0.25, 0.3) is 0 Å². The van der Waals surface area contributed by atoms with E-state index in [4.69, 9.17) is 11.5 Å². The molecule has 40 heavy (non-hydrogen) atoms. The lowest BCUT2D eigenvalue weighted by atomic mass is 10.0. The summed E-state index contributed by atoms with van der Waals surface area (Å²) in [5.74, 6) is -2.96. The minimum absolute atomic E-state index is 0.141. The summed E-state index contributed by atoms with van der Waals surface area (Å²) in [5.41, 5.74) is 12.7. The first-order chi connectivity index (χ1) is 19.1. The number of amides is 5. The van der Waals surface area contributed by atoms with E-state index in [0.29, 0.717) is 17.7 Å². The van der Waals surface area contributed by atoms with Gasteiger partial charge in [-0.2, -0.15) is 11.8 Å². The van der Waals surface area contributed by atoms with Gasteiger partial charge in [0.2, 0.25) is 29.5 Å². The van der Waals surface area contributed by atoms with E-state index in [1.807, 2.05) is 12.3 Å². The molecule has 3 atom stereocenters. The number of hydrogen-bond donors (Lipinski definition) is 6. The number of carbonyl (C=O) groups is 5. The maximum absolute atomic E-state index is 13.0. The van der Waals surface area contributed by atoms with Gasteiger partial charge in [-0.1, -0.05) is 42.5 Å². The lowest BCUT2D eigenvalue weighted by Gasteiger charge is -2.22. The Morgan fingerprint density at radius 3 is 2.05 bits per heavy atom. The highest BCUT2D eigenvalue weighted by molar-refractivity contribution is 7.98. The van der Waals surface area contributed by atoms with Gasteiger partial charge in [-0.05, 0) is 48.1 Å². The Morgan fingerprint density at radius 1 is 0.800 bits per heavy atom. The van der Waals surface area contributed by atoms with Crippen molar-refractivity contribution < 1.29 is 28.4 Å². The van der Waals surface area contributed by atoms with Gasteiger partial charge in [0.05, 0.1) is 19.1 Å². The fourth-order valence-corrected chi connectivity index (χ4v) is 4.08. The van der Waals surface area contributed by atoms with E-state index in [2.05, 4.69) is 21.3 Å². The molecule has 0 heterocycles. The lowest BCUT2D eigenvalue weighted by Crippen LogP contribution is -2.55. The molecule has 2 rings (SSSR count). The van der Waals surface area contributed by atoms with Crippen molar-refractivity contribution in [2.45, 2.75) is 37.4 Å². The fraction of sp³-hybridized carbons (Fsp3) is 0.370. The van der Waals surface area contributed by atoms with E-state index in [1.165, 1.54) is 36.0 Å². The van der Waals surface area contributed by atoms with Gasteiger partial charge >= 0.3 is 0 Å². The highest BCUT2D eigenvalue weighted by Crippen LogP contribution is 2.07. The largest absolute Gasteiger partial charge is 0.368 e. The van der Waals surface area contributed by atoms with Crippen molar-refractivity contribution in [1.29, 1.82) is 0 Å². The molecular weight excluding hydrogens is 539 g/mol. The van der Waals surface area contributed by atoms with Crippen LogP contribution in [0.3, 0.4) is 0 Å². The van der Waals surface area contributed by atoms with Gasteiger partial charge in [-0.25, -0.2) is 4.39 Å². The van der Waals surface area contributed by atoms with Crippen molar-refractivity contribution in [3.63, 3.8) is 0 Å². The highest BCUT2D eigenvalue weighted by Gasteiger charge is 2.26. The summed E-state index contributed by atoms with van der Waals surface area (Å²) in [4.78, 5) is 61.7. The molecule has 0 saturated carbocycles. The van der Waals surface area contributed by atoms with E-state index >= 15 is 0 Å². The van der Waals surface area contributed by atoms with Crippen LogP contribution in [-0.4, -0.2) is 72.8 Å². The van der Waals surface area contributed by atoms with E-state index in [-0.39, 0.29) is 12.8 Å². The smallest absolute Gasteiger partial charge is 0.243 e.